The molecule has 0 spiro atoms. The SMILES string of the molecule is CN(C)CCN=Cc1[nH]c(=S)[nH]c(=O)c1CCc1ccccc1. The molecule has 2 aromatic rings. The highest BCUT2D eigenvalue weighted by molar-refractivity contribution is 7.71. The lowest BCUT2D eigenvalue weighted by atomic mass is 10.0. The monoisotopic (exact) mass is 330 g/mol. The van der Waals surface area contributed by atoms with E-state index in [0.29, 0.717) is 29.0 Å². The molecule has 122 valence electrons. The third-order valence-corrected chi connectivity index (χ3v) is 3.68. The van der Waals surface area contributed by atoms with Gasteiger partial charge in [0.2, 0.25) is 0 Å². The maximum atomic E-state index is 12.2. The van der Waals surface area contributed by atoms with E-state index in [0.717, 1.165) is 13.0 Å². The molecule has 0 amide bonds. The van der Waals surface area contributed by atoms with Crippen molar-refractivity contribution in [1.29, 1.82) is 0 Å². The summed E-state index contributed by atoms with van der Waals surface area (Å²) in [5, 5.41) is 0. The number of aryl methyl sites for hydroxylation is 1. The van der Waals surface area contributed by atoms with Crippen LogP contribution < -0.4 is 5.56 Å². The quantitative estimate of drug-likeness (QED) is 0.604. The lowest BCUT2D eigenvalue weighted by Crippen LogP contribution is -2.19. The summed E-state index contributed by atoms with van der Waals surface area (Å²) in [5.41, 5.74) is 2.45. The lowest BCUT2D eigenvalue weighted by Gasteiger charge is -2.07. The highest BCUT2D eigenvalue weighted by Gasteiger charge is 2.07. The molecular weight excluding hydrogens is 308 g/mol. The number of likely N-dealkylation sites (N-methyl/N-ethyl adjacent to an activating group) is 1. The molecule has 0 bridgehead atoms. The van der Waals surface area contributed by atoms with Gasteiger partial charge in [0.25, 0.3) is 5.56 Å². The Morgan fingerprint density at radius 1 is 1.17 bits per heavy atom. The summed E-state index contributed by atoms with van der Waals surface area (Å²) >= 11 is 5.06. The number of hydrogen-bond donors (Lipinski definition) is 2. The summed E-state index contributed by atoms with van der Waals surface area (Å²) in [4.78, 5) is 24.4. The minimum absolute atomic E-state index is 0.140. The van der Waals surface area contributed by atoms with Crippen LogP contribution in [0.15, 0.2) is 40.1 Å². The van der Waals surface area contributed by atoms with E-state index in [2.05, 4.69) is 32.0 Å². The summed E-state index contributed by atoms with van der Waals surface area (Å²) in [6.45, 7) is 1.54. The predicted octanol–water partition coefficient (Wildman–Crippen LogP) is 2.20. The van der Waals surface area contributed by atoms with E-state index in [1.54, 1.807) is 6.21 Å². The van der Waals surface area contributed by atoms with Crippen LogP contribution in [0.1, 0.15) is 16.8 Å². The van der Waals surface area contributed by atoms with Gasteiger partial charge in [0.05, 0.1) is 12.2 Å². The van der Waals surface area contributed by atoms with Gasteiger partial charge in [-0.25, -0.2) is 0 Å². The third kappa shape index (κ3) is 5.58. The molecular formula is C17H22N4OS. The lowest BCUT2D eigenvalue weighted by molar-refractivity contribution is 0.421. The van der Waals surface area contributed by atoms with Crippen molar-refractivity contribution in [3.05, 3.63) is 62.3 Å². The first-order valence-corrected chi connectivity index (χ1v) is 8.01. The van der Waals surface area contributed by atoms with E-state index in [4.69, 9.17) is 12.2 Å². The fourth-order valence-corrected chi connectivity index (χ4v) is 2.42. The zero-order chi connectivity index (χ0) is 16.7. The first-order valence-electron chi connectivity index (χ1n) is 7.60. The van der Waals surface area contributed by atoms with Crippen molar-refractivity contribution in [1.82, 2.24) is 14.9 Å². The van der Waals surface area contributed by atoms with Gasteiger partial charge < -0.3 is 9.88 Å². The van der Waals surface area contributed by atoms with Crippen LogP contribution in [0.3, 0.4) is 0 Å². The largest absolute Gasteiger partial charge is 0.331 e. The van der Waals surface area contributed by atoms with E-state index < -0.39 is 0 Å². The number of hydrogen-bond acceptors (Lipinski definition) is 4. The van der Waals surface area contributed by atoms with Gasteiger partial charge in [-0.05, 0) is 44.7 Å². The molecule has 1 heterocycles. The maximum Gasteiger partial charge on any atom is 0.255 e. The van der Waals surface area contributed by atoms with Crippen molar-refractivity contribution in [2.45, 2.75) is 12.8 Å². The Balaban J connectivity index is 2.17. The van der Waals surface area contributed by atoms with Crippen molar-refractivity contribution in [3.63, 3.8) is 0 Å². The topological polar surface area (TPSA) is 64.2 Å². The number of benzene rings is 1. The average molecular weight is 330 g/mol. The Hall–Kier alpha value is -2.05. The summed E-state index contributed by atoms with van der Waals surface area (Å²) in [6, 6.07) is 10.1. The molecule has 1 aromatic carbocycles. The second kappa shape index (κ2) is 8.55. The minimum atomic E-state index is -0.140. The third-order valence-electron chi connectivity index (χ3n) is 3.48. The molecule has 0 aliphatic rings. The molecule has 2 rings (SSSR count). The molecule has 0 aliphatic heterocycles. The van der Waals surface area contributed by atoms with Crippen LogP contribution >= 0.6 is 12.2 Å². The summed E-state index contributed by atoms with van der Waals surface area (Å²) in [5.74, 6) is 0. The van der Waals surface area contributed by atoms with E-state index in [-0.39, 0.29) is 5.56 Å². The van der Waals surface area contributed by atoms with E-state index >= 15 is 0 Å². The van der Waals surface area contributed by atoms with Gasteiger partial charge in [-0.15, -0.1) is 0 Å². The van der Waals surface area contributed by atoms with Crippen molar-refractivity contribution in [2.24, 2.45) is 4.99 Å². The first kappa shape index (κ1) is 17.3. The summed E-state index contributed by atoms with van der Waals surface area (Å²) < 4.78 is 0.326. The highest BCUT2D eigenvalue weighted by Crippen LogP contribution is 2.06. The molecule has 0 saturated carbocycles. The van der Waals surface area contributed by atoms with Gasteiger partial charge in [0, 0.05) is 18.3 Å². The number of nitrogens with zero attached hydrogens (tertiary/aromatic N) is 2. The Morgan fingerprint density at radius 3 is 2.61 bits per heavy atom. The molecule has 0 atom stereocenters. The normalized spacial score (nSPS) is 11.4. The van der Waals surface area contributed by atoms with E-state index in [1.165, 1.54) is 5.56 Å². The van der Waals surface area contributed by atoms with E-state index in [9.17, 15) is 4.79 Å². The summed E-state index contributed by atoms with van der Waals surface area (Å²) in [7, 11) is 4.00. The van der Waals surface area contributed by atoms with E-state index in [1.807, 2.05) is 32.3 Å². The molecule has 0 fully saturated rings. The van der Waals surface area contributed by atoms with Crippen LogP contribution in [0.5, 0.6) is 0 Å². The molecule has 2 N–H and O–H groups in total. The molecule has 6 heteroatoms. The number of H-pyrrole nitrogens is 2. The summed E-state index contributed by atoms with van der Waals surface area (Å²) in [6.07, 6.45) is 3.16. The number of rotatable bonds is 7. The second-order valence-electron chi connectivity index (χ2n) is 5.62. The predicted molar refractivity (Wildman–Crippen MR) is 97.1 cm³/mol. The zero-order valence-corrected chi connectivity index (χ0v) is 14.3. The Morgan fingerprint density at radius 2 is 1.91 bits per heavy atom. The van der Waals surface area contributed by atoms with Gasteiger partial charge in [-0.2, -0.15) is 0 Å². The zero-order valence-electron chi connectivity index (χ0n) is 13.5. The second-order valence-corrected chi connectivity index (χ2v) is 6.03. The first-order chi connectivity index (χ1) is 11.1. The Bertz CT molecular complexity index is 762. The van der Waals surface area contributed by atoms with Crippen molar-refractivity contribution in [3.8, 4) is 0 Å². The van der Waals surface area contributed by atoms with Gasteiger partial charge in [-0.3, -0.25) is 14.8 Å². The fourth-order valence-electron chi connectivity index (χ4n) is 2.22. The number of aliphatic imine (C=N–C) groups is 1. The molecule has 1 aromatic heterocycles. The van der Waals surface area contributed by atoms with Gasteiger partial charge in [0.15, 0.2) is 4.77 Å². The average Bonchev–Trinajstić information content (AvgIpc) is 2.51. The van der Waals surface area contributed by atoms with Crippen LogP contribution in [0, 0.1) is 4.77 Å². The van der Waals surface area contributed by atoms with Gasteiger partial charge in [0.1, 0.15) is 0 Å². The van der Waals surface area contributed by atoms with Crippen LogP contribution in [-0.2, 0) is 12.8 Å². The highest BCUT2D eigenvalue weighted by atomic mass is 32.1. The molecule has 0 aliphatic carbocycles. The number of aromatic nitrogens is 2. The van der Waals surface area contributed by atoms with Gasteiger partial charge in [-0.1, -0.05) is 30.3 Å². The molecule has 23 heavy (non-hydrogen) atoms. The molecule has 5 nitrogen and oxygen atoms in total. The van der Waals surface area contributed by atoms with Crippen LogP contribution in [0.2, 0.25) is 0 Å². The fraction of sp³-hybridized carbons (Fsp3) is 0.353. The molecule has 0 saturated heterocycles. The van der Waals surface area contributed by atoms with Crippen LogP contribution in [0.25, 0.3) is 0 Å². The van der Waals surface area contributed by atoms with Crippen LogP contribution in [-0.4, -0.2) is 48.3 Å². The Kier molecular flexibility index (Phi) is 6.43. The van der Waals surface area contributed by atoms with Crippen molar-refractivity contribution in [2.75, 3.05) is 27.2 Å². The smallest absolute Gasteiger partial charge is 0.255 e. The maximum absolute atomic E-state index is 12.2. The van der Waals surface area contributed by atoms with Crippen molar-refractivity contribution < 1.29 is 0 Å². The Labute approximate surface area is 141 Å². The number of aromatic amines is 2. The van der Waals surface area contributed by atoms with Crippen LogP contribution in [0.4, 0.5) is 0 Å². The number of nitrogens with one attached hydrogen (secondary N) is 2. The standard InChI is InChI=1S/C17H22N4OS/c1-21(2)11-10-18-12-15-14(16(22)20-17(23)19-15)9-8-13-6-4-3-5-7-13/h3-7,12H,8-11H2,1-2H3,(H2,19,20,22,23). The van der Waals surface area contributed by atoms with Gasteiger partial charge >= 0.3 is 0 Å². The molecule has 0 radical (unpaired) electrons. The minimum Gasteiger partial charge on any atom is -0.331 e. The van der Waals surface area contributed by atoms with Crippen molar-refractivity contribution >= 4 is 18.4 Å². The molecule has 0 unspecified atom stereocenters.